The van der Waals surface area contributed by atoms with Crippen molar-refractivity contribution in [2.45, 2.75) is 64.8 Å². The number of nitrogens with zero attached hydrogens (tertiary/aromatic N) is 2. The molecular formula is C17H28N4O2. The minimum Gasteiger partial charge on any atom is -0.346 e. The molecule has 0 spiro atoms. The largest absolute Gasteiger partial charge is 0.346 e. The summed E-state index contributed by atoms with van der Waals surface area (Å²) in [6, 6.07) is -0.121. The molecule has 2 N–H and O–H groups in total. The zero-order valence-corrected chi connectivity index (χ0v) is 14.2. The number of hydrogen-bond acceptors (Lipinski definition) is 3. The SMILES string of the molecule is CC[C@H](NC(=O)CCC(=O)N1CCCCCC1)c1ncc(C)[nH]1. The van der Waals surface area contributed by atoms with Gasteiger partial charge in [0.2, 0.25) is 11.8 Å². The molecule has 0 unspecified atom stereocenters. The van der Waals surface area contributed by atoms with Crippen molar-refractivity contribution in [3.8, 4) is 0 Å². The highest BCUT2D eigenvalue weighted by molar-refractivity contribution is 5.83. The number of amides is 2. The van der Waals surface area contributed by atoms with Gasteiger partial charge in [-0.25, -0.2) is 4.98 Å². The summed E-state index contributed by atoms with van der Waals surface area (Å²) in [5.41, 5.74) is 0.976. The monoisotopic (exact) mass is 320 g/mol. The Morgan fingerprint density at radius 3 is 2.52 bits per heavy atom. The third kappa shape index (κ3) is 5.37. The van der Waals surface area contributed by atoms with Crippen LogP contribution in [0, 0.1) is 6.92 Å². The molecule has 23 heavy (non-hydrogen) atoms. The summed E-state index contributed by atoms with van der Waals surface area (Å²) in [4.78, 5) is 33.7. The molecule has 6 heteroatoms. The van der Waals surface area contributed by atoms with Crippen LogP contribution in [0.15, 0.2) is 6.20 Å². The second-order valence-electron chi connectivity index (χ2n) is 6.27. The second kappa shape index (κ2) is 8.70. The fraction of sp³-hybridized carbons (Fsp3) is 0.706. The van der Waals surface area contributed by atoms with E-state index < -0.39 is 0 Å². The molecule has 0 radical (unpaired) electrons. The van der Waals surface area contributed by atoms with Gasteiger partial charge in [-0.05, 0) is 26.2 Å². The molecule has 0 bridgehead atoms. The maximum Gasteiger partial charge on any atom is 0.223 e. The van der Waals surface area contributed by atoms with Gasteiger partial charge in [0.05, 0.1) is 6.04 Å². The average Bonchev–Trinajstić information content (AvgIpc) is 2.80. The van der Waals surface area contributed by atoms with Crippen LogP contribution >= 0.6 is 0 Å². The van der Waals surface area contributed by atoms with E-state index in [0.29, 0.717) is 6.42 Å². The van der Waals surface area contributed by atoms with Gasteiger partial charge in [-0.3, -0.25) is 9.59 Å². The summed E-state index contributed by atoms with van der Waals surface area (Å²) < 4.78 is 0. The first-order valence-corrected chi connectivity index (χ1v) is 8.68. The first kappa shape index (κ1) is 17.5. The number of imidazole rings is 1. The first-order chi connectivity index (χ1) is 11.1. The Morgan fingerprint density at radius 2 is 1.96 bits per heavy atom. The van der Waals surface area contributed by atoms with Crippen molar-refractivity contribution in [3.05, 3.63) is 17.7 Å². The van der Waals surface area contributed by atoms with Gasteiger partial charge >= 0.3 is 0 Å². The number of likely N-dealkylation sites (tertiary alicyclic amines) is 1. The van der Waals surface area contributed by atoms with Crippen molar-refractivity contribution >= 4 is 11.8 Å². The van der Waals surface area contributed by atoms with E-state index in [4.69, 9.17) is 0 Å². The highest BCUT2D eigenvalue weighted by Crippen LogP contribution is 2.14. The Hall–Kier alpha value is -1.85. The summed E-state index contributed by atoms with van der Waals surface area (Å²) in [5.74, 6) is 0.787. The minimum absolute atomic E-state index is 0.0888. The van der Waals surface area contributed by atoms with Crippen LogP contribution in [0.3, 0.4) is 0 Å². The van der Waals surface area contributed by atoms with E-state index in [1.54, 1.807) is 6.20 Å². The van der Waals surface area contributed by atoms with Crippen LogP contribution in [0.25, 0.3) is 0 Å². The molecule has 128 valence electrons. The van der Waals surface area contributed by atoms with E-state index in [0.717, 1.165) is 43.9 Å². The minimum atomic E-state index is -0.121. The molecule has 1 atom stereocenters. The van der Waals surface area contributed by atoms with Crippen LogP contribution in [-0.4, -0.2) is 39.8 Å². The summed E-state index contributed by atoms with van der Waals surface area (Å²) in [5, 5.41) is 2.96. The number of carbonyl (C=O) groups is 2. The second-order valence-corrected chi connectivity index (χ2v) is 6.27. The number of rotatable bonds is 6. The standard InChI is InChI=1S/C17H28N4O2/c1-3-14(17-18-12-13(2)19-17)20-15(22)8-9-16(23)21-10-6-4-5-7-11-21/h12,14H,3-11H2,1-2H3,(H,18,19)(H,20,22)/t14-/m0/s1. The van der Waals surface area contributed by atoms with Crippen molar-refractivity contribution in [2.75, 3.05) is 13.1 Å². The Kier molecular flexibility index (Phi) is 6.62. The predicted octanol–water partition coefficient (Wildman–Crippen LogP) is 2.47. The molecule has 0 aliphatic carbocycles. The highest BCUT2D eigenvalue weighted by Gasteiger charge is 2.19. The normalized spacial score (nSPS) is 16.7. The van der Waals surface area contributed by atoms with Crippen molar-refractivity contribution in [1.82, 2.24) is 20.2 Å². The van der Waals surface area contributed by atoms with Gasteiger partial charge in [0.1, 0.15) is 5.82 Å². The molecule has 1 aromatic heterocycles. The maximum atomic E-state index is 12.2. The van der Waals surface area contributed by atoms with Crippen molar-refractivity contribution in [2.24, 2.45) is 0 Å². The Morgan fingerprint density at radius 1 is 1.26 bits per heavy atom. The zero-order valence-electron chi connectivity index (χ0n) is 14.2. The lowest BCUT2D eigenvalue weighted by atomic mass is 10.2. The van der Waals surface area contributed by atoms with Gasteiger partial charge in [-0.1, -0.05) is 19.8 Å². The van der Waals surface area contributed by atoms with Crippen LogP contribution in [0.5, 0.6) is 0 Å². The van der Waals surface area contributed by atoms with E-state index in [2.05, 4.69) is 15.3 Å². The lowest BCUT2D eigenvalue weighted by molar-refractivity contribution is -0.133. The zero-order chi connectivity index (χ0) is 16.7. The molecular weight excluding hydrogens is 292 g/mol. The van der Waals surface area contributed by atoms with Gasteiger partial charge in [0.15, 0.2) is 0 Å². The molecule has 0 saturated carbocycles. The molecule has 1 fully saturated rings. The summed E-state index contributed by atoms with van der Waals surface area (Å²) >= 11 is 0. The number of nitrogens with one attached hydrogen (secondary N) is 2. The van der Waals surface area contributed by atoms with E-state index in [1.807, 2.05) is 18.7 Å². The quantitative estimate of drug-likeness (QED) is 0.845. The molecule has 2 rings (SSSR count). The molecule has 0 aromatic carbocycles. The van der Waals surface area contributed by atoms with Gasteiger partial charge in [0.25, 0.3) is 0 Å². The Labute approximate surface area is 138 Å². The first-order valence-electron chi connectivity index (χ1n) is 8.68. The average molecular weight is 320 g/mol. The smallest absolute Gasteiger partial charge is 0.223 e. The van der Waals surface area contributed by atoms with Gasteiger partial charge in [-0.2, -0.15) is 0 Å². The number of aryl methyl sites for hydroxylation is 1. The van der Waals surface area contributed by atoms with Crippen LogP contribution in [0.1, 0.15) is 69.4 Å². The van der Waals surface area contributed by atoms with Crippen LogP contribution in [0.4, 0.5) is 0 Å². The third-order valence-corrected chi connectivity index (χ3v) is 4.32. The van der Waals surface area contributed by atoms with Crippen LogP contribution in [-0.2, 0) is 9.59 Å². The summed E-state index contributed by atoms with van der Waals surface area (Å²) in [7, 11) is 0. The predicted molar refractivity (Wildman–Crippen MR) is 88.8 cm³/mol. The van der Waals surface area contributed by atoms with E-state index in [9.17, 15) is 9.59 Å². The topological polar surface area (TPSA) is 78.1 Å². The lowest BCUT2D eigenvalue weighted by Crippen LogP contribution is -2.34. The molecule has 1 saturated heterocycles. The third-order valence-electron chi connectivity index (χ3n) is 4.32. The van der Waals surface area contributed by atoms with Gasteiger partial charge in [0, 0.05) is 37.8 Å². The molecule has 1 aromatic rings. The number of H-pyrrole nitrogens is 1. The van der Waals surface area contributed by atoms with E-state index in [-0.39, 0.29) is 24.3 Å². The fourth-order valence-electron chi connectivity index (χ4n) is 2.94. The molecule has 6 nitrogen and oxygen atoms in total. The molecule has 2 heterocycles. The fourth-order valence-corrected chi connectivity index (χ4v) is 2.94. The summed E-state index contributed by atoms with van der Waals surface area (Å²) in [6.45, 7) is 5.61. The van der Waals surface area contributed by atoms with Crippen LogP contribution in [0.2, 0.25) is 0 Å². The maximum absolute atomic E-state index is 12.2. The van der Waals surface area contributed by atoms with Gasteiger partial charge < -0.3 is 15.2 Å². The highest BCUT2D eigenvalue weighted by atomic mass is 16.2. The van der Waals surface area contributed by atoms with E-state index >= 15 is 0 Å². The van der Waals surface area contributed by atoms with Crippen molar-refractivity contribution in [3.63, 3.8) is 0 Å². The van der Waals surface area contributed by atoms with Crippen LogP contribution < -0.4 is 5.32 Å². The number of aromatic nitrogens is 2. The number of carbonyl (C=O) groups excluding carboxylic acids is 2. The lowest BCUT2D eigenvalue weighted by Gasteiger charge is -2.20. The van der Waals surface area contributed by atoms with Gasteiger partial charge in [-0.15, -0.1) is 0 Å². The number of hydrogen-bond donors (Lipinski definition) is 2. The number of aromatic amines is 1. The molecule has 2 amide bonds. The molecule has 1 aliphatic heterocycles. The van der Waals surface area contributed by atoms with E-state index in [1.165, 1.54) is 12.8 Å². The summed E-state index contributed by atoms with van der Waals surface area (Å²) in [6.07, 6.45) is 7.61. The Bertz CT molecular complexity index is 518. The molecule has 1 aliphatic rings. The van der Waals surface area contributed by atoms with Crippen molar-refractivity contribution < 1.29 is 9.59 Å². The van der Waals surface area contributed by atoms with Crippen molar-refractivity contribution in [1.29, 1.82) is 0 Å². The Balaban J connectivity index is 1.78.